The quantitative estimate of drug-likeness (QED) is 0.833. The van der Waals surface area contributed by atoms with Gasteiger partial charge >= 0.3 is 0 Å². The van der Waals surface area contributed by atoms with Crippen molar-refractivity contribution in [3.8, 4) is 5.88 Å². The molecule has 2 aromatic rings. The van der Waals surface area contributed by atoms with E-state index in [1.807, 2.05) is 35.7 Å². The van der Waals surface area contributed by atoms with Gasteiger partial charge in [0.2, 0.25) is 5.88 Å². The van der Waals surface area contributed by atoms with Gasteiger partial charge < -0.3 is 9.64 Å². The Hall–Kier alpha value is -2.08. The van der Waals surface area contributed by atoms with Crippen LogP contribution in [0.1, 0.15) is 37.0 Å². The van der Waals surface area contributed by atoms with Crippen LogP contribution in [0.4, 0.5) is 0 Å². The Labute approximate surface area is 146 Å². The lowest BCUT2D eigenvalue weighted by atomic mass is 10.2. The smallest absolute Gasteiger partial charge is 0.255 e. The van der Waals surface area contributed by atoms with Crippen molar-refractivity contribution in [1.82, 2.24) is 19.7 Å². The summed E-state index contributed by atoms with van der Waals surface area (Å²) in [6, 6.07) is 3.67. The van der Waals surface area contributed by atoms with Crippen LogP contribution in [0.3, 0.4) is 0 Å². The predicted molar refractivity (Wildman–Crippen MR) is 91.3 cm³/mol. The summed E-state index contributed by atoms with van der Waals surface area (Å²) in [4.78, 5) is 18.9. The summed E-state index contributed by atoms with van der Waals surface area (Å²) in [5.74, 6) is 0.313. The zero-order valence-electron chi connectivity index (χ0n) is 13.9. The van der Waals surface area contributed by atoms with E-state index in [1.165, 1.54) is 6.20 Å². The van der Waals surface area contributed by atoms with Crippen molar-refractivity contribution in [1.29, 1.82) is 0 Å². The fourth-order valence-corrected chi connectivity index (χ4v) is 3.15. The molecule has 2 aromatic heterocycles. The monoisotopic (exact) mass is 348 g/mol. The molecule has 3 heterocycles. The number of ether oxygens (including phenoxy) is 1. The summed E-state index contributed by atoms with van der Waals surface area (Å²) in [6.07, 6.45) is 7.15. The van der Waals surface area contributed by atoms with Crippen LogP contribution in [0.5, 0.6) is 5.88 Å². The molecule has 0 spiro atoms. The molecule has 0 N–H and O–H groups in total. The number of carbonyl (C=O) groups excluding carboxylic acids is 1. The normalized spacial score (nSPS) is 17.5. The molecule has 1 atom stereocenters. The van der Waals surface area contributed by atoms with Gasteiger partial charge in [-0.25, -0.2) is 4.98 Å². The first kappa shape index (κ1) is 16.8. The summed E-state index contributed by atoms with van der Waals surface area (Å²) in [5.41, 5.74) is 0.489. The highest BCUT2D eigenvalue weighted by molar-refractivity contribution is 6.32. The number of rotatable bonds is 5. The number of pyridine rings is 1. The standard InChI is InChI=1S/C17H21ClN4O2/c1-12(2)24-16-15(18)9-13(10-19-16)17(23)22-8-3-5-14(22)11-21-7-4-6-20-21/h4,6-7,9-10,12,14H,3,5,8,11H2,1-2H3/t14-/m0/s1. The molecule has 0 aliphatic carbocycles. The van der Waals surface area contributed by atoms with E-state index in [0.29, 0.717) is 23.0 Å². The molecule has 24 heavy (non-hydrogen) atoms. The average Bonchev–Trinajstić information content (AvgIpc) is 3.20. The zero-order valence-corrected chi connectivity index (χ0v) is 14.6. The average molecular weight is 349 g/mol. The number of halogens is 1. The molecule has 0 unspecified atom stereocenters. The number of hydrogen-bond donors (Lipinski definition) is 0. The summed E-state index contributed by atoms with van der Waals surface area (Å²) in [6.45, 7) is 5.25. The van der Waals surface area contributed by atoms with Crippen LogP contribution in [0.25, 0.3) is 0 Å². The first-order valence-electron chi connectivity index (χ1n) is 8.15. The van der Waals surface area contributed by atoms with Crippen LogP contribution >= 0.6 is 11.6 Å². The molecule has 3 rings (SSSR count). The van der Waals surface area contributed by atoms with E-state index < -0.39 is 0 Å². The van der Waals surface area contributed by atoms with Gasteiger partial charge in [0.25, 0.3) is 5.91 Å². The third kappa shape index (κ3) is 3.70. The van der Waals surface area contributed by atoms with E-state index in [-0.39, 0.29) is 18.1 Å². The lowest BCUT2D eigenvalue weighted by Crippen LogP contribution is -2.38. The number of likely N-dealkylation sites (tertiary alicyclic amines) is 1. The van der Waals surface area contributed by atoms with Crippen molar-refractivity contribution in [3.63, 3.8) is 0 Å². The van der Waals surface area contributed by atoms with E-state index in [0.717, 1.165) is 19.4 Å². The van der Waals surface area contributed by atoms with Gasteiger partial charge in [0.15, 0.2) is 0 Å². The lowest BCUT2D eigenvalue weighted by Gasteiger charge is -2.25. The molecular formula is C17H21ClN4O2. The van der Waals surface area contributed by atoms with Gasteiger partial charge in [-0.2, -0.15) is 5.10 Å². The van der Waals surface area contributed by atoms with Gasteiger partial charge in [0.05, 0.1) is 24.3 Å². The number of hydrogen-bond acceptors (Lipinski definition) is 4. The molecule has 128 valence electrons. The highest BCUT2D eigenvalue weighted by atomic mass is 35.5. The van der Waals surface area contributed by atoms with Crippen LogP contribution < -0.4 is 4.74 Å². The fraction of sp³-hybridized carbons (Fsp3) is 0.471. The minimum absolute atomic E-state index is 0.0198. The van der Waals surface area contributed by atoms with Crippen LogP contribution in [-0.2, 0) is 6.54 Å². The largest absolute Gasteiger partial charge is 0.474 e. The van der Waals surface area contributed by atoms with Crippen LogP contribution in [-0.4, -0.2) is 44.3 Å². The SMILES string of the molecule is CC(C)Oc1ncc(C(=O)N2CCC[C@H]2Cn2cccn2)cc1Cl. The second-order valence-corrected chi connectivity index (χ2v) is 6.61. The Morgan fingerprint density at radius 1 is 1.50 bits per heavy atom. The van der Waals surface area contributed by atoms with E-state index in [9.17, 15) is 4.79 Å². The van der Waals surface area contributed by atoms with E-state index >= 15 is 0 Å². The summed E-state index contributed by atoms with van der Waals surface area (Å²) in [7, 11) is 0. The second kappa shape index (κ2) is 7.21. The number of amides is 1. The molecule has 7 heteroatoms. The maximum absolute atomic E-state index is 12.8. The number of aromatic nitrogens is 3. The van der Waals surface area contributed by atoms with Gasteiger partial charge in [0, 0.05) is 25.1 Å². The van der Waals surface area contributed by atoms with Crippen molar-refractivity contribution < 1.29 is 9.53 Å². The second-order valence-electron chi connectivity index (χ2n) is 6.20. The molecule has 0 bridgehead atoms. The molecule has 1 saturated heterocycles. The van der Waals surface area contributed by atoms with Crippen LogP contribution in [0.2, 0.25) is 5.02 Å². The summed E-state index contributed by atoms with van der Waals surface area (Å²) < 4.78 is 7.38. The molecule has 1 aliphatic heterocycles. The first-order valence-corrected chi connectivity index (χ1v) is 8.53. The first-order chi connectivity index (χ1) is 11.5. The highest BCUT2D eigenvalue weighted by Crippen LogP contribution is 2.26. The molecule has 6 nitrogen and oxygen atoms in total. The topological polar surface area (TPSA) is 60.2 Å². The molecule has 0 radical (unpaired) electrons. The summed E-state index contributed by atoms with van der Waals surface area (Å²) in [5, 5.41) is 4.59. The Bertz CT molecular complexity index is 703. The number of carbonyl (C=O) groups is 1. The van der Waals surface area contributed by atoms with Crippen molar-refractivity contribution in [2.75, 3.05) is 6.54 Å². The van der Waals surface area contributed by atoms with Gasteiger partial charge in [-0.15, -0.1) is 0 Å². The number of nitrogens with zero attached hydrogens (tertiary/aromatic N) is 4. The van der Waals surface area contributed by atoms with E-state index in [4.69, 9.17) is 16.3 Å². The van der Waals surface area contributed by atoms with Crippen molar-refractivity contribution in [3.05, 3.63) is 41.3 Å². The van der Waals surface area contributed by atoms with Gasteiger partial charge in [-0.3, -0.25) is 9.48 Å². The van der Waals surface area contributed by atoms with E-state index in [1.54, 1.807) is 12.3 Å². The maximum Gasteiger partial charge on any atom is 0.255 e. The summed E-state index contributed by atoms with van der Waals surface area (Å²) >= 11 is 6.20. The van der Waals surface area contributed by atoms with Crippen molar-refractivity contribution in [2.24, 2.45) is 0 Å². The molecule has 1 aliphatic rings. The maximum atomic E-state index is 12.8. The van der Waals surface area contributed by atoms with Gasteiger partial charge in [-0.05, 0) is 38.8 Å². The van der Waals surface area contributed by atoms with Crippen LogP contribution in [0.15, 0.2) is 30.7 Å². The molecule has 0 saturated carbocycles. The van der Waals surface area contributed by atoms with Gasteiger partial charge in [-0.1, -0.05) is 11.6 Å². The molecule has 1 fully saturated rings. The predicted octanol–water partition coefficient (Wildman–Crippen LogP) is 3.02. The Morgan fingerprint density at radius 3 is 3.00 bits per heavy atom. The minimum atomic E-state index is -0.0462. The van der Waals surface area contributed by atoms with Crippen molar-refractivity contribution in [2.45, 2.75) is 45.4 Å². The Balaban J connectivity index is 1.74. The fourth-order valence-electron chi connectivity index (χ4n) is 2.94. The lowest BCUT2D eigenvalue weighted by molar-refractivity contribution is 0.0721. The van der Waals surface area contributed by atoms with Crippen LogP contribution in [0, 0.1) is 0 Å². The Kier molecular flexibility index (Phi) is 5.04. The van der Waals surface area contributed by atoms with E-state index in [2.05, 4.69) is 10.1 Å². The molecular weight excluding hydrogens is 328 g/mol. The molecule has 1 amide bonds. The van der Waals surface area contributed by atoms with Gasteiger partial charge in [0.1, 0.15) is 5.02 Å². The Morgan fingerprint density at radius 2 is 2.33 bits per heavy atom. The highest BCUT2D eigenvalue weighted by Gasteiger charge is 2.30. The zero-order chi connectivity index (χ0) is 17.1. The third-order valence-corrected chi connectivity index (χ3v) is 4.27. The minimum Gasteiger partial charge on any atom is -0.474 e. The third-order valence-electron chi connectivity index (χ3n) is 4.00. The molecule has 0 aromatic carbocycles. The van der Waals surface area contributed by atoms with Crippen molar-refractivity contribution >= 4 is 17.5 Å².